The molecular formula is C21H26N2O3. The van der Waals surface area contributed by atoms with Crippen LogP contribution in [0.2, 0.25) is 0 Å². The monoisotopic (exact) mass is 354 g/mol. The number of nitrogens with zero attached hydrogens (tertiary/aromatic N) is 1. The summed E-state index contributed by atoms with van der Waals surface area (Å²) in [7, 11) is 1.47. The highest BCUT2D eigenvalue weighted by molar-refractivity contribution is 6.16. The van der Waals surface area contributed by atoms with Gasteiger partial charge >= 0.3 is 5.97 Å². The van der Waals surface area contributed by atoms with E-state index in [1.807, 2.05) is 24.3 Å². The highest BCUT2D eigenvalue weighted by Crippen LogP contribution is 2.62. The number of carbonyl (C=O) groups is 2. The van der Waals surface area contributed by atoms with Crippen LogP contribution in [0.5, 0.6) is 0 Å². The number of benzene rings is 1. The molecule has 138 valence electrons. The topological polar surface area (TPSA) is 58.6 Å². The minimum absolute atomic E-state index is 0.0838. The van der Waals surface area contributed by atoms with Crippen molar-refractivity contribution >= 4 is 17.4 Å². The normalized spacial score (nSPS) is 42.5. The molecule has 5 aliphatic rings. The van der Waals surface area contributed by atoms with Crippen LogP contribution in [0.15, 0.2) is 24.3 Å². The molecule has 4 heterocycles. The van der Waals surface area contributed by atoms with Crippen molar-refractivity contribution in [3.8, 4) is 0 Å². The van der Waals surface area contributed by atoms with Crippen LogP contribution in [-0.4, -0.2) is 48.4 Å². The van der Waals surface area contributed by atoms with Gasteiger partial charge in [0.05, 0.1) is 7.11 Å². The molecule has 6 rings (SSSR count). The summed E-state index contributed by atoms with van der Waals surface area (Å²) in [5, 5.41) is 3.56. The van der Waals surface area contributed by atoms with Gasteiger partial charge in [0.15, 0.2) is 5.78 Å². The number of hydrogen-bond donors (Lipinski definition) is 1. The molecule has 4 aliphatic heterocycles. The Morgan fingerprint density at radius 3 is 2.92 bits per heavy atom. The van der Waals surface area contributed by atoms with Gasteiger partial charge in [0.1, 0.15) is 11.0 Å². The number of hydrogen-bond acceptors (Lipinski definition) is 5. The number of esters is 1. The lowest BCUT2D eigenvalue weighted by Crippen LogP contribution is -2.79. The Bertz CT molecular complexity index is 785. The molecule has 5 heteroatoms. The average molecular weight is 354 g/mol. The lowest BCUT2D eigenvalue weighted by molar-refractivity contribution is -0.193. The largest absolute Gasteiger partial charge is 0.468 e. The maximum Gasteiger partial charge on any atom is 0.316 e. The fourth-order valence-corrected chi connectivity index (χ4v) is 6.75. The van der Waals surface area contributed by atoms with Gasteiger partial charge in [-0.05, 0) is 43.2 Å². The summed E-state index contributed by atoms with van der Waals surface area (Å²) in [5.41, 5.74) is -0.0717. The average Bonchev–Trinajstić information content (AvgIpc) is 2.97. The summed E-state index contributed by atoms with van der Waals surface area (Å²) < 4.78 is 5.39. The smallest absolute Gasteiger partial charge is 0.316 e. The first-order valence-corrected chi connectivity index (χ1v) is 9.82. The number of ketones is 1. The van der Waals surface area contributed by atoms with Crippen molar-refractivity contribution in [2.24, 2.45) is 17.3 Å². The van der Waals surface area contributed by atoms with Crippen LogP contribution in [0.25, 0.3) is 0 Å². The Morgan fingerprint density at radius 1 is 1.38 bits per heavy atom. The molecule has 4 fully saturated rings. The second kappa shape index (κ2) is 5.32. The van der Waals surface area contributed by atoms with Crippen LogP contribution in [0.3, 0.4) is 0 Å². The van der Waals surface area contributed by atoms with E-state index in [1.54, 1.807) is 0 Å². The molecule has 1 aromatic rings. The Morgan fingerprint density at radius 2 is 2.19 bits per heavy atom. The molecule has 1 aromatic carbocycles. The maximum atomic E-state index is 13.7. The van der Waals surface area contributed by atoms with Gasteiger partial charge in [0.2, 0.25) is 0 Å². The van der Waals surface area contributed by atoms with Crippen LogP contribution < -0.4 is 5.32 Å². The zero-order valence-electron chi connectivity index (χ0n) is 15.5. The standard InChI is InChI=1S/C21H26N2O3/c1-3-14-10-13-11-20(19(25)26-2)17(14)23(12-13)9-8-21(20)18(24)15-6-4-5-7-16(15)22-21/h4-7,13-14,17,22H,3,8-12H2,1-2H3. The molecule has 6 unspecified atom stereocenters. The summed E-state index contributed by atoms with van der Waals surface area (Å²) in [5.74, 6) is 0.779. The van der Waals surface area contributed by atoms with E-state index in [4.69, 9.17) is 4.74 Å². The van der Waals surface area contributed by atoms with E-state index in [0.29, 0.717) is 18.3 Å². The Balaban J connectivity index is 1.72. The number of anilines is 1. The number of rotatable bonds is 2. The molecule has 3 saturated heterocycles. The molecule has 0 radical (unpaired) electrons. The van der Waals surface area contributed by atoms with E-state index in [2.05, 4.69) is 17.1 Å². The Labute approximate surface area is 154 Å². The summed E-state index contributed by atoms with van der Waals surface area (Å²) in [6.07, 6.45) is 3.61. The number of piperidine rings is 3. The van der Waals surface area contributed by atoms with E-state index in [0.717, 1.165) is 43.6 Å². The second-order valence-electron chi connectivity index (χ2n) is 8.53. The van der Waals surface area contributed by atoms with Crippen molar-refractivity contribution in [3.63, 3.8) is 0 Å². The lowest BCUT2D eigenvalue weighted by Gasteiger charge is -2.66. The number of Topliss-reactive ketones (excluding diaryl/α,β-unsaturated/α-hetero) is 1. The third-order valence-corrected chi connectivity index (χ3v) is 7.60. The first-order valence-electron chi connectivity index (χ1n) is 9.82. The van der Waals surface area contributed by atoms with Crippen molar-refractivity contribution in [3.05, 3.63) is 29.8 Å². The van der Waals surface area contributed by atoms with Crippen molar-refractivity contribution in [1.29, 1.82) is 0 Å². The molecule has 1 spiro atoms. The van der Waals surface area contributed by atoms with Crippen molar-refractivity contribution < 1.29 is 14.3 Å². The Hall–Kier alpha value is -1.88. The van der Waals surface area contributed by atoms with Crippen LogP contribution in [0, 0.1) is 17.3 Å². The van der Waals surface area contributed by atoms with Gasteiger partial charge in [-0.1, -0.05) is 25.5 Å². The SMILES string of the molecule is CCC1CC2CN3CCC4(Nc5ccccc5C4=O)C(C(=O)OC)(C2)C13. The predicted octanol–water partition coefficient (Wildman–Crippen LogP) is 2.72. The van der Waals surface area contributed by atoms with Crippen molar-refractivity contribution in [2.75, 3.05) is 25.5 Å². The summed E-state index contributed by atoms with van der Waals surface area (Å²) in [6, 6.07) is 7.77. The molecule has 0 aromatic heterocycles. The number of fused-ring (bicyclic) bond motifs is 2. The fraction of sp³-hybridized carbons (Fsp3) is 0.619. The van der Waals surface area contributed by atoms with Gasteiger partial charge in [-0.3, -0.25) is 14.5 Å². The summed E-state index contributed by atoms with van der Waals surface area (Å²) in [4.78, 5) is 29.5. The highest BCUT2D eigenvalue weighted by atomic mass is 16.5. The molecule has 1 saturated carbocycles. The molecule has 1 aliphatic carbocycles. The highest BCUT2D eigenvalue weighted by Gasteiger charge is 2.74. The van der Waals surface area contributed by atoms with Gasteiger partial charge in [0, 0.05) is 30.4 Å². The quantitative estimate of drug-likeness (QED) is 0.828. The summed E-state index contributed by atoms with van der Waals surface area (Å²) in [6.45, 7) is 4.12. The van der Waals surface area contributed by atoms with Gasteiger partial charge in [-0.2, -0.15) is 0 Å². The van der Waals surface area contributed by atoms with E-state index < -0.39 is 11.0 Å². The van der Waals surface area contributed by atoms with Gasteiger partial charge < -0.3 is 10.1 Å². The lowest BCUT2D eigenvalue weighted by atomic mass is 9.47. The van der Waals surface area contributed by atoms with Crippen molar-refractivity contribution in [2.45, 2.75) is 44.2 Å². The van der Waals surface area contributed by atoms with Crippen LogP contribution in [0.1, 0.15) is 43.0 Å². The molecular weight excluding hydrogens is 328 g/mol. The number of para-hydroxylation sites is 1. The molecule has 5 nitrogen and oxygen atoms in total. The van der Waals surface area contributed by atoms with Crippen LogP contribution in [0.4, 0.5) is 5.69 Å². The third-order valence-electron chi connectivity index (χ3n) is 7.60. The molecule has 4 bridgehead atoms. The van der Waals surface area contributed by atoms with E-state index >= 15 is 0 Å². The summed E-state index contributed by atoms with van der Waals surface area (Å²) >= 11 is 0. The zero-order chi connectivity index (χ0) is 18.1. The minimum atomic E-state index is -0.864. The number of carbonyl (C=O) groups excluding carboxylic acids is 2. The molecule has 26 heavy (non-hydrogen) atoms. The number of methoxy groups -OCH3 is 1. The second-order valence-corrected chi connectivity index (χ2v) is 8.53. The molecule has 0 amide bonds. The molecule has 6 atom stereocenters. The minimum Gasteiger partial charge on any atom is -0.468 e. The Kier molecular flexibility index (Phi) is 3.34. The van der Waals surface area contributed by atoms with Gasteiger partial charge in [0.25, 0.3) is 0 Å². The number of ether oxygens (including phenoxy) is 1. The van der Waals surface area contributed by atoms with E-state index in [1.165, 1.54) is 7.11 Å². The van der Waals surface area contributed by atoms with Crippen LogP contribution >= 0.6 is 0 Å². The fourth-order valence-electron chi connectivity index (χ4n) is 6.75. The third kappa shape index (κ3) is 1.70. The maximum absolute atomic E-state index is 13.7. The van der Waals surface area contributed by atoms with Crippen LogP contribution in [-0.2, 0) is 9.53 Å². The van der Waals surface area contributed by atoms with E-state index in [-0.39, 0.29) is 17.8 Å². The molecule has 1 N–H and O–H groups in total. The van der Waals surface area contributed by atoms with Gasteiger partial charge in [-0.25, -0.2) is 0 Å². The van der Waals surface area contributed by atoms with E-state index in [9.17, 15) is 9.59 Å². The van der Waals surface area contributed by atoms with Crippen molar-refractivity contribution in [1.82, 2.24) is 4.90 Å². The first kappa shape index (κ1) is 16.3. The predicted molar refractivity (Wildman–Crippen MR) is 98.1 cm³/mol. The zero-order valence-corrected chi connectivity index (χ0v) is 15.5. The first-order chi connectivity index (χ1) is 12.6. The van der Waals surface area contributed by atoms with Gasteiger partial charge in [-0.15, -0.1) is 0 Å². The number of nitrogens with one attached hydrogen (secondary N) is 1.